The molecule has 0 aromatic heterocycles. The third kappa shape index (κ3) is 6.55. The number of nitrogens with zero attached hydrogens (tertiary/aromatic N) is 2. The van der Waals surface area contributed by atoms with Crippen molar-refractivity contribution in [1.29, 1.82) is 0 Å². The minimum atomic E-state index is -1.23. The predicted molar refractivity (Wildman–Crippen MR) is 131 cm³/mol. The average molecular weight is 500 g/mol. The van der Waals surface area contributed by atoms with Crippen molar-refractivity contribution in [3.8, 4) is 0 Å². The molecule has 1 heterocycles. The maximum absolute atomic E-state index is 13.4. The highest BCUT2D eigenvalue weighted by Crippen LogP contribution is 2.22. The fourth-order valence-electron chi connectivity index (χ4n) is 3.85. The van der Waals surface area contributed by atoms with Gasteiger partial charge >= 0.3 is 5.97 Å². The standard InChI is InChI=1S/C26H24ClF2N3O3/c27-22-15-24(29)23(28)14-21(22)26(34)35-17-25(33)30-19-6-8-20(9-7-19)32-12-10-31(11-13-32)16-18-4-2-1-3-5-18/h1-9,14-15H,10-13,16-17H2,(H,30,33). The second-order valence-electron chi connectivity index (χ2n) is 8.17. The minimum Gasteiger partial charge on any atom is -0.452 e. The largest absolute Gasteiger partial charge is 0.452 e. The summed E-state index contributed by atoms with van der Waals surface area (Å²) in [5, 5.41) is 2.34. The quantitative estimate of drug-likeness (QED) is 0.376. The Labute approximate surface area is 207 Å². The molecule has 0 spiro atoms. The molecule has 0 radical (unpaired) electrons. The Balaban J connectivity index is 1.24. The highest BCUT2D eigenvalue weighted by molar-refractivity contribution is 6.33. The molecule has 3 aromatic carbocycles. The Morgan fingerprint density at radius 1 is 0.914 bits per heavy atom. The van der Waals surface area contributed by atoms with E-state index in [0.29, 0.717) is 17.8 Å². The maximum Gasteiger partial charge on any atom is 0.340 e. The Morgan fingerprint density at radius 3 is 2.26 bits per heavy atom. The number of nitrogens with one attached hydrogen (secondary N) is 1. The average Bonchev–Trinajstić information content (AvgIpc) is 2.86. The molecule has 9 heteroatoms. The van der Waals surface area contributed by atoms with Gasteiger partial charge in [-0.25, -0.2) is 13.6 Å². The summed E-state index contributed by atoms with van der Waals surface area (Å²) in [6.07, 6.45) is 0. The SMILES string of the molecule is O=C(COC(=O)c1cc(F)c(F)cc1Cl)Nc1ccc(N2CCN(Cc3ccccc3)CC2)cc1. The van der Waals surface area contributed by atoms with Crippen LogP contribution in [0.4, 0.5) is 20.2 Å². The molecule has 1 amide bonds. The zero-order chi connectivity index (χ0) is 24.8. The van der Waals surface area contributed by atoms with E-state index in [9.17, 15) is 18.4 Å². The number of rotatable bonds is 7. The Morgan fingerprint density at radius 2 is 1.57 bits per heavy atom. The van der Waals surface area contributed by atoms with Crippen LogP contribution >= 0.6 is 11.6 Å². The van der Waals surface area contributed by atoms with Gasteiger partial charge in [0.2, 0.25) is 0 Å². The molecule has 1 saturated heterocycles. The minimum absolute atomic E-state index is 0.300. The number of benzene rings is 3. The van der Waals surface area contributed by atoms with E-state index in [4.69, 9.17) is 16.3 Å². The summed E-state index contributed by atoms with van der Waals surface area (Å²) in [7, 11) is 0. The monoisotopic (exact) mass is 499 g/mol. The van der Waals surface area contributed by atoms with Gasteiger partial charge in [-0.05, 0) is 42.0 Å². The van der Waals surface area contributed by atoms with E-state index in [1.807, 2.05) is 18.2 Å². The van der Waals surface area contributed by atoms with Gasteiger partial charge in [0.05, 0.1) is 10.6 Å². The molecule has 6 nitrogen and oxygen atoms in total. The summed E-state index contributed by atoms with van der Waals surface area (Å²) in [6.45, 7) is 4.06. The molecule has 0 bridgehead atoms. The molecule has 1 aliphatic rings. The van der Waals surface area contributed by atoms with Gasteiger partial charge in [-0.15, -0.1) is 0 Å². The molecule has 0 atom stereocenters. The fraction of sp³-hybridized carbons (Fsp3) is 0.231. The van der Waals surface area contributed by atoms with Crippen LogP contribution in [0.1, 0.15) is 15.9 Å². The second kappa shape index (κ2) is 11.3. The summed E-state index contributed by atoms with van der Waals surface area (Å²) in [5.41, 5.74) is 2.55. The molecule has 4 rings (SSSR count). The number of carbonyl (C=O) groups is 2. The number of piperazine rings is 1. The number of amides is 1. The van der Waals surface area contributed by atoms with Crippen LogP contribution in [0.15, 0.2) is 66.7 Å². The van der Waals surface area contributed by atoms with Crippen molar-refractivity contribution in [2.75, 3.05) is 43.0 Å². The van der Waals surface area contributed by atoms with Gasteiger partial charge in [-0.2, -0.15) is 0 Å². The molecule has 35 heavy (non-hydrogen) atoms. The molecule has 0 saturated carbocycles. The van der Waals surface area contributed by atoms with Crippen LogP contribution in [0.2, 0.25) is 5.02 Å². The number of esters is 1. The molecule has 0 unspecified atom stereocenters. The number of hydrogen-bond acceptors (Lipinski definition) is 5. The lowest BCUT2D eigenvalue weighted by Crippen LogP contribution is -2.45. The first-order valence-electron chi connectivity index (χ1n) is 11.1. The molecule has 1 N–H and O–H groups in total. The van der Waals surface area contributed by atoms with Crippen molar-refractivity contribution in [3.63, 3.8) is 0 Å². The van der Waals surface area contributed by atoms with Crippen LogP contribution in [-0.2, 0) is 16.1 Å². The highest BCUT2D eigenvalue weighted by atomic mass is 35.5. The van der Waals surface area contributed by atoms with Crippen molar-refractivity contribution >= 4 is 34.9 Å². The van der Waals surface area contributed by atoms with Crippen LogP contribution in [0.5, 0.6) is 0 Å². The number of hydrogen-bond donors (Lipinski definition) is 1. The van der Waals surface area contributed by atoms with E-state index in [0.717, 1.165) is 38.4 Å². The number of halogens is 3. The Hall–Kier alpha value is -3.49. The lowest BCUT2D eigenvalue weighted by atomic mass is 10.2. The van der Waals surface area contributed by atoms with Crippen LogP contribution in [0, 0.1) is 11.6 Å². The van der Waals surface area contributed by atoms with Gasteiger partial charge in [0.25, 0.3) is 5.91 Å². The molecular formula is C26H24ClF2N3O3. The maximum atomic E-state index is 13.4. The van der Waals surface area contributed by atoms with Crippen molar-refractivity contribution in [2.24, 2.45) is 0 Å². The van der Waals surface area contributed by atoms with E-state index in [2.05, 4.69) is 39.4 Å². The molecule has 0 aliphatic carbocycles. The van der Waals surface area contributed by atoms with Gasteiger partial charge in [0.1, 0.15) is 0 Å². The second-order valence-corrected chi connectivity index (χ2v) is 8.57. The Bertz CT molecular complexity index is 1180. The molecule has 182 valence electrons. The van der Waals surface area contributed by atoms with E-state index < -0.39 is 30.1 Å². The van der Waals surface area contributed by atoms with E-state index in [1.165, 1.54) is 5.56 Å². The third-order valence-corrected chi connectivity index (χ3v) is 6.01. The lowest BCUT2D eigenvalue weighted by Gasteiger charge is -2.36. The van der Waals surface area contributed by atoms with Gasteiger partial charge in [0.15, 0.2) is 18.2 Å². The van der Waals surface area contributed by atoms with Gasteiger partial charge in [-0.1, -0.05) is 41.9 Å². The normalized spacial score (nSPS) is 14.0. The summed E-state index contributed by atoms with van der Waals surface area (Å²) in [5.74, 6) is -4.00. The van der Waals surface area contributed by atoms with E-state index in [1.54, 1.807) is 12.1 Å². The van der Waals surface area contributed by atoms with E-state index >= 15 is 0 Å². The summed E-state index contributed by atoms with van der Waals surface area (Å²) in [4.78, 5) is 28.9. The van der Waals surface area contributed by atoms with Gasteiger partial charge < -0.3 is 15.0 Å². The first-order chi connectivity index (χ1) is 16.9. The van der Waals surface area contributed by atoms with Crippen LogP contribution in [-0.4, -0.2) is 49.6 Å². The van der Waals surface area contributed by atoms with Crippen molar-refractivity contribution in [3.05, 3.63) is 94.5 Å². The molecule has 1 aliphatic heterocycles. The Kier molecular flexibility index (Phi) is 7.94. The smallest absolute Gasteiger partial charge is 0.340 e. The topological polar surface area (TPSA) is 61.9 Å². The number of ether oxygens (including phenoxy) is 1. The molecular weight excluding hydrogens is 476 g/mol. The van der Waals surface area contributed by atoms with Crippen molar-refractivity contribution in [2.45, 2.75) is 6.54 Å². The summed E-state index contributed by atoms with van der Waals surface area (Å²) < 4.78 is 31.4. The number of anilines is 2. The van der Waals surface area contributed by atoms with Gasteiger partial charge in [-0.3, -0.25) is 9.69 Å². The highest BCUT2D eigenvalue weighted by Gasteiger charge is 2.19. The predicted octanol–water partition coefficient (Wildman–Crippen LogP) is 4.74. The summed E-state index contributed by atoms with van der Waals surface area (Å²) in [6, 6.07) is 19.1. The zero-order valence-corrected chi connectivity index (χ0v) is 19.6. The van der Waals surface area contributed by atoms with Crippen molar-refractivity contribution in [1.82, 2.24) is 4.90 Å². The molecule has 1 fully saturated rings. The van der Waals surface area contributed by atoms with Gasteiger partial charge in [0, 0.05) is 44.1 Å². The lowest BCUT2D eigenvalue weighted by molar-refractivity contribution is -0.119. The van der Waals surface area contributed by atoms with E-state index in [-0.39, 0.29) is 10.6 Å². The number of carbonyl (C=O) groups excluding carboxylic acids is 2. The first kappa shape index (κ1) is 24.6. The summed E-state index contributed by atoms with van der Waals surface area (Å²) >= 11 is 5.75. The third-order valence-electron chi connectivity index (χ3n) is 5.70. The first-order valence-corrected chi connectivity index (χ1v) is 11.5. The zero-order valence-electron chi connectivity index (χ0n) is 18.8. The van der Waals surface area contributed by atoms with Crippen LogP contribution < -0.4 is 10.2 Å². The molecule has 3 aromatic rings. The van der Waals surface area contributed by atoms with Crippen molar-refractivity contribution < 1.29 is 23.1 Å². The van der Waals surface area contributed by atoms with Crippen LogP contribution in [0.25, 0.3) is 0 Å². The fourth-order valence-corrected chi connectivity index (χ4v) is 4.07. The van der Waals surface area contributed by atoms with Crippen LogP contribution in [0.3, 0.4) is 0 Å².